The maximum atomic E-state index is 14.6. The Labute approximate surface area is 670 Å². The number of aromatic nitrogens is 2. The molecule has 4 saturated carbocycles. The second-order valence-electron chi connectivity index (χ2n) is 33.3. The number of carbonyl (C=O) groups is 8. The van der Waals surface area contributed by atoms with Gasteiger partial charge in [-0.25, -0.2) is 36.4 Å². The van der Waals surface area contributed by atoms with Gasteiger partial charge in [0.15, 0.2) is 16.1 Å². The molecule has 2 saturated heterocycles. The van der Waals surface area contributed by atoms with Gasteiger partial charge in [0.2, 0.25) is 55.4 Å². The van der Waals surface area contributed by atoms with E-state index in [1.807, 2.05) is 48.5 Å². The van der Waals surface area contributed by atoms with Crippen LogP contribution in [-0.4, -0.2) is 198 Å². The molecule has 0 spiro atoms. The van der Waals surface area contributed by atoms with Crippen molar-refractivity contribution in [3.63, 3.8) is 0 Å². The van der Waals surface area contributed by atoms with E-state index in [9.17, 15) is 55.2 Å². The Morgan fingerprint density at radius 2 is 0.982 bits per heavy atom. The van der Waals surface area contributed by atoms with Gasteiger partial charge in [0.25, 0.3) is 11.8 Å². The summed E-state index contributed by atoms with van der Waals surface area (Å²) in [6.07, 6.45) is 7.55. The van der Waals surface area contributed by atoms with Crippen LogP contribution >= 0.6 is 15.9 Å². The van der Waals surface area contributed by atoms with Gasteiger partial charge in [-0.1, -0.05) is 90.1 Å². The molecule has 6 fully saturated rings. The van der Waals surface area contributed by atoms with E-state index in [0.29, 0.717) is 74.7 Å². The number of hydrogen-bond acceptors (Lipinski definition) is 24. The van der Waals surface area contributed by atoms with Gasteiger partial charge in [0, 0.05) is 57.2 Å². The lowest BCUT2D eigenvalue weighted by molar-refractivity contribution is -0.143. The van der Waals surface area contributed by atoms with E-state index in [-0.39, 0.29) is 50.5 Å². The summed E-state index contributed by atoms with van der Waals surface area (Å²) in [6.45, 7) is 28.2. The second-order valence-corrected chi connectivity index (χ2v) is 38.0. The molecule has 10 atom stereocenters. The van der Waals surface area contributed by atoms with E-state index in [0.717, 1.165) is 5.39 Å². The summed E-state index contributed by atoms with van der Waals surface area (Å²) in [7, 11) is -6.17. The van der Waals surface area contributed by atoms with Gasteiger partial charge in [-0.3, -0.25) is 38.2 Å². The highest BCUT2D eigenvalue weighted by atomic mass is 79.9. The number of furan rings is 2. The first-order valence-corrected chi connectivity index (χ1v) is 41.1. The van der Waals surface area contributed by atoms with Gasteiger partial charge in [-0.15, -0.1) is 13.2 Å². The van der Waals surface area contributed by atoms with Crippen LogP contribution in [0.5, 0.6) is 23.3 Å². The molecule has 4 aliphatic carbocycles. The molecule has 8 N–H and O–H groups in total. The van der Waals surface area contributed by atoms with Crippen LogP contribution in [0.1, 0.15) is 134 Å². The molecular weight excluding hydrogens is 1580 g/mol. The molecule has 12 rings (SSSR count). The number of fused-ring (bicyclic) bond motifs is 2. The fourth-order valence-electron chi connectivity index (χ4n) is 13.6. The van der Waals surface area contributed by atoms with Crippen LogP contribution in [0.2, 0.25) is 0 Å². The van der Waals surface area contributed by atoms with Gasteiger partial charge < -0.3 is 78.4 Å². The minimum atomic E-state index is -3.92. The average Bonchev–Trinajstić information content (AvgIpc) is 1.57. The van der Waals surface area contributed by atoms with E-state index in [4.69, 9.17) is 47.9 Å². The fraction of sp³-hybridized carbons (Fsp3) is 0.513. The molecule has 616 valence electrons. The summed E-state index contributed by atoms with van der Waals surface area (Å²) in [5, 5.41) is 29.2. The molecule has 32 nitrogen and oxygen atoms in total. The van der Waals surface area contributed by atoms with Crippen molar-refractivity contribution in [2.75, 3.05) is 27.3 Å². The van der Waals surface area contributed by atoms with Crippen LogP contribution in [0, 0.1) is 22.7 Å². The van der Waals surface area contributed by atoms with Crippen molar-refractivity contribution < 1.29 is 102 Å². The van der Waals surface area contributed by atoms with E-state index >= 15 is 0 Å². The number of alkyl carbamates (subject to hydrolysis) is 2. The number of amides is 8. The zero-order valence-electron chi connectivity index (χ0n) is 66.1. The zero-order chi connectivity index (χ0) is 83.8. The van der Waals surface area contributed by atoms with Crippen LogP contribution < -0.4 is 55.1 Å². The molecule has 6 heterocycles. The lowest BCUT2D eigenvalue weighted by Crippen LogP contribution is -2.60. The molecule has 4 aromatic heterocycles. The molecule has 6 aliphatic rings. The van der Waals surface area contributed by atoms with Gasteiger partial charge >= 0.3 is 19.3 Å². The molecule has 2 unspecified atom stereocenters. The maximum absolute atomic E-state index is 14.6. The number of likely N-dealkylation sites (tertiary alicyclic amines) is 2. The number of halogens is 1. The van der Waals surface area contributed by atoms with Crippen molar-refractivity contribution in [1.29, 1.82) is 0 Å². The summed E-state index contributed by atoms with van der Waals surface area (Å²) >= 11 is 3.45. The number of ether oxygens (including phenoxy) is 6. The molecular formula is C78H100BBrN10O22S2. The van der Waals surface area contributed by atoms with Crippen molar-refractivity contribution in [1.82, 2.24) is 50.5 Å². The van der Waals surface area contributed by atoms with Crippen molar-refractivity contribution in [3.8, 4) is 34.5 Å². The van der Waals surface area contributed by atoms with E-state index in [2.05, 4.69) is 69.2 Å². The predicted octanol–water partition coefficient (Wildman–Crippen LogP) is 7.38. The van der Waals surface area contributed by atoms with E-state index in [1.54, 1.807) is 96.3 Å². The Hall–Kier alpha value is -9.78. The highest BCUT2D eigenvalue weighted by molar-refractivity contribution is 9.10. The molecule has 0 radical (unpaired) electrons. The highest BCUT2D eigenvalue weighted by Gasteiger charge is 2.64. The molecule has 114 heavy (non-hydrogen) atoms. The first-order chi connectivity index (χ1) is 53.3. The largest absolute Gasteiger partial charge is 0.494 e. The molecule has 2 aliphatic heterocycles. The summed E-state index contributed by atoms with van der Waals surface area (Å²) in [4.78, 5) is 123. The van der Waals surface area contributed by atoms with Crippen LogP contribution in [0.4, 0.5) is 9.59 Å². The monoisotopic (exact) mass is 1680 g/mol. The summed E-state index contributed by atoms with van der Waals surface area (Å²) in [5.74, 6) is -3.85. The van der Waals surface area contributed by atoms with Gasteiger partial charge in [0.1, 0.15) is 64.3 Å². The zero-order valence-corrected chi connectivity index (χ0v) is 69.3. The average molecular weight is 1680 g/mol. The van der Waals surface area contributed by atoms with Gasteiger partial charge in [0.05, 0.1) is 62.9 Å². The van der Waals surface area contributed by atoms with Crippen molar-refractivity contribution in [3.05, 3.63) is 116 Å². The van der Waals surface area contributed by atoms with Crippen LogP contribution in [0.15, 0.2) is 124 Å². The molecule has 36 heteroatoms. The number of methoxy groups -OCH3 is 2. The third kappa shape index (κ3) is 20.1. The SMILES string of the molecule is C=CC1C[C@]1(NC(=O)[C@@H]1C[C@@H](Oc2nc(-c3ccoc3)c(OC)c3ccccc23)CN1C(=O)[C@@H](NC(=O)OC(C)(C)C)C(C)(C)C)C(=O)NS(=O)(=O)C1CC1.C=CC1C[C@]1(NC(=O)[C@@H]1C[C@@H](Oc2nc(Br)c(OC)c3ccccc23)CN1C(=O)[C@@H](NC(=O)OC(C)(C)C)C(C)(C)C)C(=O)NS(=O)(=O)C1CC1.OB(O)c1ccoc1. The number of rotatable bonds is 24. The van der Waals surface area contributed by atoms with Crippen LogP contribution in [0.25, 0.3) is 32.8 Å². The summed E-state index contributed by atoms with van der Waals surface area (Å²) < 4.78 is 101. The van der Waals surface area contributed by atoms with Gasteiger partial charge in [-0.05, 0) is 131 Å². The topological polar surface area (TPSA) is 431 Å². The lowest BCUT2D eigenvalue weighted by Gasteiger charge is -2.36. The number of nitrogens with zero attached hydrogens (tertiary/aromatic N) is 4. The first-order valence-electron chi connectivity index (χ1n) is 37.2. The maximum Gasteiger partial charge on any atom is 0.491 e. The third-order valence-electron chi connectivity index (χ3n) is 20.0. The minimum Gasteiger partial charge on any atom is -0.494 e. The molecule has 0 bridgehead atoms. The fourth-order valence-corrected chi connectivity index (χ4v) is 16.8. The number of hydrogen-bond donors (Lipinski definition) is 8. The summed E-state index contributed by atoms with van der Waals surface area (Å²) in [6, 6.07) is 13.3. The molecule has 2 aromatic carbocycles. The van der Waals surface area contributed by atoms with Crippen molar-refractivity contribution >= 4 is 118 Å². The van der Waals surface area contributed by atoms with Crippen molar-refractivity contribution in [2.45, 2.75) is 204 Å². The lowest BCUT2D eigenvalue weighted by atomic mass is 9.83. The quantitative estimate of drug-likeness (QED) is 0.0166. The van der Waals surface area contributed by atoms with Crippen LogP contribution in [-0.2, 0) is 58.3 Å². The van der Waals surface area contributed by atoms with Crippen LogP contribution in [0.3, 0.4) is 0 Å². The van der Waals surface area contributed by atoms with E-state index in [1.165, 1.54) is 60.2 Å². The Kier molecular flexibility index (Phi) is 25.5. The first kappa shape index (κ1) is 86.6. The molecule has 8 amide bonds. The number of nitrogens with one attached hydrogen (secondary N) is 6. The minimum absolute atomic E-state index is 0.00262. The second kappa shape index (κ2) is 33.6. The van der Waals surface area contributed by atoms with Gasteiger partial charge in [-0.2, -0.15) is 0 Å². The third-order valence-corrected chi connectivity index (χ3v) is 24.1. The highest BCUT2D eigenvalue weighted by Crippen LogP contribution is 2.48. The summed E-state index contributed by atoms with van der Waals surface area (Å²) in [5.41, 5.74) is -5.02. The Morgan fingerprint density at radius 3 is 1.32 bits per heavy atom. The number of carbonyl (C=O) groups excluding carboxylic acids is 8. The normalized spacial score (nSPS) is 22.5. The number of benzene rings is 2. The Bertz CT molecular complexity index is 4880. The number of pyridine rings is 2. The predicted molar refractivity (Wildman–Crippen MR) is 423 cm³/mol. The van der Waals surface area contributed by atoms with Crippen molar-refractivity contribution in [2.24, 2.45) is 22.7 Å². The van der Waals surface area contributed by atoms with E-state index < -0.39 is 167 Å². The molecule has 6 aromatic rings. The Morgan fingerprint density at radius 1 is 0.588 bits per heavy atom. The standard InChI is InChI=1S/C39H49N5O10S.C35H46BrN5O9S.C4H5BO3/c1-9-23-19-39(23,35(47)43-55(49,50)25-14-15-25)42-32(45)28-18-24(20-44(28)34(46)31(37(2,3)4)41-36(48)54-38(5,6)7)53-33-27-13-11-10-12-26(27)30(51-8)29(40-33)22-16-17-52-21-22;1-9-19-17-35(19,31(44)40-51(46,47)21-14-15-21)39-28(42)24-16-20(49-29-23-13-11-10-12-22(23)25(48-8)27(36)38-29)18-41(24)30(43)26(33(2,3)4)37-32(45)50-34(5,6)7;6-5(7)4-1-2-8-3-4/h9-13,16-17,21,23-25,28,31H,1,14-15,18-20H2,2-8H3,(H,41,48)(H,42,45)(H,43,47);9-13,19-21,24,26H,1,14-18H2,2-8H3,(H,37,45)(H,39,42)(H,40,44);1-3,6-7H/t23?,24-,28+,31-,39-;19?,20-,24+,26-,35-;/m11./s1. The Balaban J connectivity index is 0.000000220. The smallest absolute Gasteiger partial charge is 0.491 e. The number of sulfonamides is 2.